The molecule has 1 amide bonds. The van der Waals surface area contributed by atoms with Gasteiger partial charge in [-0.1, -0.05) is 24.3 Å². The van der Waals surface area contributed by atoms with Crippen molar-refractivity contribution >= 4 is 11.9 Å². The van der Waals surface area contributed by atoms with Crippen LogP contribution in [0.2, 0.25) is 0 Å². The van der Waals surface area contributed by atoms with Crippen molar-refractivity contribution in [2.24, 2.45) is 0 Å². The van der Waals surface area contributed by atoms with Crippen LogP contribution in [-0.2, 0) is 20.7 Å². The second-order valence-electron chi connectivity index (χ2n) is 5.77. The molecule has 1 aliphatic heterocycles. The van der Waals surface area contributed by atoms with Gasteiger partial charge in [0.15, 0.2) is 18.1 Å². The van der Waals surface area contributed by atoms with Crippen LogP contribution in [0.1, 0.15) is 5.56 Å². The highest BCUT2D eigenvalue weighted by Gasteiger charge is 2.21. The van der Waals surface area contributed by atoms with Gasteiger partial charge in [-0.25, -0.2) is 4.39 Å². The summed E-state index contributed by atoms with van der Waals surface area (Å²) in [6, 6.07) is 12.8. The van der Waals surface area contributed by atoms with E-state index in [0.717, 1.165) is 0 Å². The lowest BCUT2D eigenvalue weighted by Crippen LogP contribution is -2.42. The zero-order chi connectivity index (χ0) is 18.4. The largest absolute Gasteiger partial charge is 0.486 e. The standard InChI is InChI=1S/C19H18FNO5/c20-14-7-5-13(6-8-14)9-19(23)25-12-18(22)21-10-15-11-24-16-3-1-2-4-17(16)26-15/h1-8,15H,9-12H2,(H,21,22). The minimum absolute atomic E-state index is 0.0239. The number of amides is 1. The van der Waals surface area contributed by atoms with Crippen molar-refractivity contribution in [1.82, 2.24) is 5.32 Å². The van der Waals surface area contributed by atoms with Crippen LogP contribution < -0.4 is 14.8 Å². The Balaban J connectivity index is 1.37. The maximum atomic E-state index is 12.8. The normalized spacial score (nSPS) is 15.2. The van der Waals surface area contributed by atoms with E-state index in [-0.39, 0.29) is 31.5 Å². The predicted molar refractivity (Wildman–Crippen MR) is 90.4 cm³/mol. The van der Waals surface area contributed by atoms with Gasteiger partial charge in [-0.15, -0.1) is 0 Å². The quantitative estimate of drug-likeness (QED) is 0.797. The number of rotatable bonds is 6. The van der Waals surface area contributed by atoms with Crippen LogP contribution in [0.25, 0.3) is 0 Å². The van der Waals surface area contributed by atoms with Gasteiger partial charge in [0.05, 0.1) is 13.0 Å². The lowest BCUT2D eigenvalue weighted by molar-refractivity contribution is -0.148. The smallest absolute Gasteiger partial charge is 0.310 e. The number of halogens is 1. The average molecular weight is 359 g/mol. The Hall–Kier alpha value is -3.09. The Morgan fingerprint density at radius 2 is 1.85 bits per heavy atom. The van der Waals surface area contributed by atoms with E-state index in [1.807, 2.05) is 18.2 Å². The molecule has 26 heavy (non-hydrogen) atoms. The van der Waals surface area contributed by atoms with Crippen LogP contribution in [0.4, 0.5) is 4.39 Å². The molecule has 0 aliphatic carbocycles. The molecule has 136 valence electrons. The van der Waals surface area contributed by atoms with Gasteiger partial charge in [0.2, 0.25) is 0 Å². The van der Waals surface area contributed by atoms with Gasteiger partial charge in [-0.3, -0.25) is 9.59 Å². The van der Waals surface area contributed by atoms with Crippen LogP contribution in [0, 0.1) is 5.82 Å². The van der Waals surface area contributed by atoms with E-state index in [0.29, 0.717) is 23.7 Å². The molecule has 1 heterocycles. The molecule has 0 fully saturated rings. The van der Waals surface area contributed by atoms with Gasteiger partial charge >= 0.3 is 5.97 Å². The molecular formula is C19H18FNO5. The lowest BCUT2D eigenvalue weighted by Gasteiger charge is -2.26. The molecule has 1 aliphatic rings. The number of ether oxygens (including phenoxy) is 3. The zero-order valence-electron chi connectivity index (χ0n) is 13.9. The first-order valence-corrected chi connectivity index (χ1v) is 8.15. The number of para-hydroxylation sites is 2. The van der Waals surface area contributed by atoms with Gasteiger partial charge in [-0.05, 0) is 29.8 Å². The van der Waals surface area contributed by atoms with Crippen molar-refractivity contribution in [2.45, 2.75) is 12.5 Å². The fourth-order valence-corrected chi connectivity index (χ4v) is 2.41. The third kappa shape index (κ3) is 4.95. The second kappa shape index (κ2) is 8.33. The van der Waals surface area contributed by atoms with Crippen molar-refractivity contribution in [3.8, 4) is 11.5 Å². The molecule has 0 saturated heterocycles. The first-order chi connectivity index (χ1) is 12.6. The van der Waals surface area contributed by atoms with Crippen molar-refractivity contribution in [1.29, 1.82) is 0 Å². The topological polar surface area (TPSA) is 73.9 Å². The van der Waals surface area contributed by atoms with E-state index in [1.54, 1.807) is 6.07 Å². The van der Waals surface area contributed by atoms with Gasteiger partial charge in [-0.2, -0.15) is 0 Å². The second-order valence-corrected chi connectivity index (χ2v) is 5.77. The summed E-state index contributed by atoms with van der Waals surface area (Å²) in [4.78, 5) is 23.5. The maximum Gasteiger partial charge on any atom is 0.310 e. The van der Waals surface area contributed by atoms with Crippen LogP contribution in [-0.4, -0.2) is 37.7 Å². The minimum atomic E-state index is -0.557. The Kier molecular flexibility index (Phi) is 5.68. The number of hydrogen-bond acceptors (Lipinski definition) is 5. The summed E-state index contributed by atoms with van der Waals surface area (Å²) in [6.07, 6.45) is -0.340. The Bertz CT molecular complexity index is 778. The zero-order valence-corrected chi connectivity index (χ0v) is 13.9. The molecule has 0 saturated carbocycles. The summed E-state index contributed by atoms with van der Waals surface area (Å²) in [5.74, 6) is -0.0654. The minimum Gasteiger partial charge on any atom is -0.486 e. The number of benzene rings is 2. The molecule has 7 heteroatoms. The van der Waals surface area contributed by atoms with E-state index in [4.69, 9.17) is 14.2 Å². The van der Waals surface area contributed by atoms with E-state index >= 15 is 0 Å². The van der Waals surface area contributed by atoms with Crippen molar-refractivity contribution < 1.29 is 28.2 Å². The van der Waals surface area contributed by atoms with E-state index < -0.39 is 11.9 Å². The number of nitrogens with one attached hydrogen (secondary N) is 1. The van der Waals surface area contributed by atoms with Crippen molar-refractivity contribution in [3.63, 3.8) is 0 Å². The highest BCUT2D eigenvalue weighted by molar-refractivity contribution is 5.81. The van der Waals surface area contributed by atoms with E-state index in [2.05, 4.69) is 5.32 Å². The SMILES string of the molecule is O=C(COC(=O)Cc1ccc(F)cc1)NCC1COc2ccccc2O1. The third-order valence-corrected chi connectivity index (χ3v) is 3.72. The molecule has 1 unspecified atom stereocenters. The molecule has 0 aromatic heterocycles. The summed E-state index contributed by atoms with van der Waals surface area (Å²) < 4.78 is 29.0. The highest BCUT2D eigenvalue weighted by Crippen LogP contribution is 2.30. The van der Waals surface area contributed by atoms with E-state index in [9.17, 15) is 14.0 Å². The summed E-state index contributed by atoms with van der Waals surface area (Å²) in [7, 11) is 0. The Labute approximate surface area is 149 Å². The molecule has 1 N–H and O–H groups in total. The number of fused-ring (bicyclic) bond motifs is 1. The monoisotopic (exact) mass is 359 g/mol. The molecule has 1 atom stereocenters. The summed E-state index contributed by atoms with van der Waals surface area (Å²) >= 11 is 0. The van der Waals surface area contributed by atoms with Gasteiger partial charge in [0.25, 0.3) is 5.91 Å². The molecule has 0 bridgehead atoms. The molecule has 0 radical (unpaired) electrons. The third-order valence-electron chi connectivity index (χ3n) is 3.72. The average Bonchev–Trinajstić information content (AvgIpc) is 2.66. The first-order valence-electron chi connectivity index (χ1n) is 8.15. The van der Waals surface area contributed by atoms with Crippen LogP contribution >= 0.6 is 0 Å². The summed E-state index contributed by atoms with van der Waals surface area (Å²) in [6.45, 7) is 0.175. The highest BCUT2D eigenvalue weighted by atomic mass is 19.1. The van der Waals surface area contributed by atoms with E-state index in [1.165, 1.54) is 24.3 Å². The number of esters is 1. The van der Waals surface area contributed by atoms with Crippen molar-refractivity contribution in [3.05, 3.63) is 59.9 Å². The summed E-state index contributed by atoms with van der Waals surface area (Å²) in [5.41, 5.74) is 0.614. The predicted octanol–water partition coefficient (Wildman–Crippen LogP) is 1.87. The Morgan fingerprint density at radius 3 is 2.62 bits per heavy atom. The first kappa shape index (κ1) is 17.7. The lowest BCUT2D eigenvalue weighted by atomic mass is 10.1. The van der Waals surface area contributed by atoms with Gasteiger partial charge in [0.1, 0.15) is 18.5 Å². The molecule has 2 aromatic carbocycles. The molecular weight excluding hydrogens is 341 g/mol. The molecule has 3 rings (SSSR count). The maximum absolute atomic E-state index is 12.8. The van der Waals surface area contributed by atoms with Gasteiger partial charge in [0, 0.05) is 0 Å². The van der Waals surface area contributed by atoms with Crippen LogP contribution in [0.3, 0.4) is 0 Å². The number of carbonyl (C=O) groups excluding carboxylic acids is 2. The summed E-state index contributed by atoms with van der Waals surface area (Å²) in [5, 5.41) is 2.64. The fourth-order valence-electron chi connectivity index (χ4n) is 2.41. The molecule has 6 nitrogen and oxygen atoms in total. The van der Waals surface area contributed by atoms with Gasteiger partial charge < -0.3 is 19.5 Å². The molecule has 0 spiro atoms. The molecule has 2 aromatic rings. The van der Waals surface area contributed by atoms with Crippen LogP contribution in [0.5, 0.6) is 11.5 Å². The van der Waals surface area contributed by atoms with Crippen LogP contribution in [0.15, 0.2) is 48.5 Å². The Morgan fingerprint density at radius 1 is 1.12 bits per heavy atom. The number of hydrogen-bond donors (Lipinski definition) is 1. The number of carbonyl (C=O) groups is 2. The van der Waals surface area contributed by atoms with Crippen molar-refractivity contribution in [2.75, 3.05) is 19.8 Å². The fraction of sp³-hybridized carbons (Fsp3) is 0.263.